The second-order valence-corrected chi connectivity index (χ2v) is 5.14. The molecule has 2 N–H and O–H groups in total. The van der Waals surface area contributed by atoms with E-state index in [0.29, 0.717) is 12.1 Å². The SMILES string of the molecule is CC(C)(C)N1CCCC1C1OC1N. The van der Waals surface area contributed by atoms with E-state index in [1.54, 1.807) is 0 Å². The van der Waals surface area contributed by atoms with Gasteiger partial charge in [0.2, 0.25) is 0 Å². The minimum Gasteiger partial charge on any atom is -0.352 e. The summed E-state index contributed by atoms with van der Waals surface area (Å²) in [6.07, 6.45) is 2.85. The summed E-state index contributed by atoms with van der Waals surface area (Å²) in [6, 6.07) is 0.565. The number of hydrogen-bond donors (Lipinski definition) is 1. The van der Waals surface area contributed by atoms with Crippen molar-refractivity contribution in [3.63, 3.8) is 0 Å². The standard InChI is InChI=1S/C10H20N2O/c1-10(2,3)12-6-4-5-7(12)8-9(11)13-8/h7-9H,4-6,11H2,1-3H3. The smallest absolute Gasteiger partial charge is 0.134 e. The first-order chi connectivity index (χ1) is 6.00. The molecule has 3 atom stereocenters. The summed E-state index contributed by atoms with van der Waals surface area (Å²) in [7, 11) is 0. The Balaban J connectivity index is 2.02. The van der Waals surface area contributed by atoms with Crippen molar-refractivity contribution in [2.24, 2.45) is 5.73 Å². The van der Waals surface area contributed by atoms with Gasteiger partial charge < -0.3 is 10.5 Å². The van der Waals surface area contributed by atoms with Gasteiger partial charge >= 0.3 is 0 Å². The molecule has 0 spiro atoms. The third kappa shape index (κ3) is 1.73. The van der Waals surface area contributed by atoms with Crippen LogP contribution in [0.15, 0.2) is 0 Å². The Labute approximate surface area is 80.2 Å². The van der Waals surface area contributed by atoms with Gasteiger partial charge in [-0.2, -0.15) is 0 Å². The Hall–Kier alpha value is -0.120. The van der Waals surface area contributed by atoms with Crippen LogP contribution in [0.25, 0.3) is 0 Å². The average molecular weight is 184 g/mol. The zero-order valence-corrected chi connectivity index (χ0v) is 8.79. The highest BCUT2D eigenvalue weighted by molar-refractivity contribution is 4.99. The molecule has 3 unspecified atom stereocenters. The fourth-order valence-electron chi connectivity index (χ4n) is 2.41. The first-order valence-corrected chi connectivity index (χ1v) is 5.18. The van der Waals surface area contributed by atoms with Crippen LogP contribution in [-0.2, 0) is 4.74 Å². The van der Waals surface area contributed by atoms with E-state index in [0.717, 1.165) is 0 Å². The lowest BCUT2D eigenvalue weighted by Gasteiger charge is -2.36. The summed E-state index contributed by atoms with van der Waals surface area (Å²) in [5.74, 6) is 0. The highest BCUT2D eigenvalue weighted by atomic mass is 16.6. The van der Waals surface area contributed by atoms with Gasteiger partial charge in [0.15, 0.2) is 0 Å². The third-order valence-electron chi connectivity index (χ3n) is 3.10. The maximum absolute atomic E-state index is 5.70. The maximum atomic E-state index is 5.70. The van der Waals surface area contributed by atoms with Crippen LogP contribution >= 0.6 is 0 Å². The van der Waals surface area contributed by atoms with Crippen molar-refractivity contribution in [1.82, 2.24) is 4.90 Å². The zero-order chi connectivity index (χ0) is 9.64. The quantitative estimate of drug-likeness (QED) is 0.616. The molecule has 76 valence electrons. The van der Waals surface area contributed by atoms with Crippen LogP contribution in [0.1, 0.15) is 33.6 Å². The van der Waals surface area contributed by atoms with Gasteiger partial charge in [0.05, 0.1) is 0 Å². The number of epoxide rings is 1. The monoisotopic (exact) mass is 184 g/mol. The Bertz CT molecular complexity index is 200. The van der Waals surface area contributed by atoms with Gasteiger partial charge in [-0.25, -0.2) is 0 Å². The van der Waals surface area contributed by atoms with Crippen molar-refractivity contribution in [1.29, 1.82) is 0 Å². The van der Waals surface area contributed by atoms with Crippen molar-refractivity contribution >= 4 is 0 Å². The van der Waals surface area contributed by atoms with Gasteiger partial charge in [-0.05, 0) is 40.2 Å². The Morgan fingerprint density at radius 1 is 1.38 bits per heavy atom. The average Bonchev–Trinajstić information content (AvgIpc) is 2.57. The minimum atomic E-state index is 0.00736. The van der Waals surface area contributed by atoms with Crippen LogP contribution < -0.4 is 5.73 Å². The Morgan fingerprint density at radius 3 is 2.46 bits per heavy atom. The van der Waals surface area contributed by atoms with Crippen molar-refractivity contribution in [3.8, 4) is 0 Å². The van der Waals surface area contributed by atoms with Crippen LogP contribution in [0.4, 0.5) is 0 Å². The lowest BCUT2D eigenvalue weighted by molar-refractivity contribution is 0.102. The third-order valence-corrected chi connectivity index (χ3v) is 3.10. The Morgan fingerprint density at radius 2 is 2.00 bits per heavy atom. The van der Waals surface area contributed by atoms with Crippen molar-refractivity contribution in [2.75, 3.05) is 6.54 Å². The van der Waals surface area contributed by atoms with Crippen LogP contribution in [0.2, 0.25) is 0 Å². The normalized spacial score (nSPS) is 41.1. The molecule has 13 heavy (non-hydrogen) atoms. The zero-order valence-electron chi connectivity index (χ0n) is 8.79. The molecule has 0 radical (unpaired) electrons. The van der Waals surface area contributed by atoms with Gasteiger partial charge in [0.25, 0.3) is 0 Å². The molecule has 2 rings (SSSR count). The van der Waals surface area contributed by atoms with Gasteiger partial charge in [-0.1, -0.05) is 0 Å². The molecule has 3 nitrogen and oxygen atoms in total. The highest BCUT2D eigenvalue weighted by Crippen LogP contribution is 2.35. The predicted octanol–water partition coefficient (Wildman–Crippen LogP) is 0.933. The molecule has 2 aliphatic heterocycles. The molecule has 0 bridgehead atoms. The largest absolute Gasteiger partial charge is 0.352 e. The number of hydrogen-bond acceptors (Lipinski definition) is 3. The van der Waals surface area contributed by atoms with E-state index in [2.05, 4.69) is 25.7 Å². The first kappa shape index (κ1) is 9.44. The second kappa shape index (κ2) is 2.94. The number of nitrogens with two attached hydrogens (primary N) is 1. The molecule has 0 aromatic rings. The van der Waals surface area contributed by atoms with Gasteiger partial charge in [0, 0.05) is 11.6 Å². The molecule has 2 aliphatic rings. The van der Waals surface area contributed by atoms with E-state index in [1.807, 2.05) is 0 Å². The topological polar surface area (TPSA) is 41.8 Å². The number of nitrogens with zero attached hydrogens (tertiary/aromatic N) is 1. The summed E-state index contributed by atoms with van der Waals surface area (Å²) >= 11 is 0. The molecule has 0 amide bonds. The minimum absolute atomic E-state index is 0.00736. The second-order valence-electron chi connectivity index (χ2n) is 5.14. The molecule has 2 fully saturated rings. The molecule has 0 aliphatic carbocycles. The van der Waals surface area contributed by atoms with Crippen LogP contribution in [0, 0.1) is 0 Å². The van der Waals surface area contributed by atoms with Crippen molar-refractivity contribution in [3.05, 3.63) is 0 Å². The lowest BCUT2D eigenvalue weighted by atomic mass is 10.0. The van der Waals surface area contributed by atoms with Gasteiger partial charge in [-0.3, -0.25) is 4.90 Å². The molecule has 2 heterocycles. The summed E-state index contributed by atoms with van der Waals surface area (Å²) in [5, 5.41) is 0. The maximum Gasteiger partial charge on any atom is 0.134 e. The summed E-state index contributed by atoms with van der Waals surface area (Å²) in [4.78, 5) is 2.53. The number of rotatable bonds is 1. The van der Waals surface area contributed by atoms with Crippen LogP contribution in [0.3, 0.4) is 0 Å². The molecule has 0 saturated carbocycles. The fraction of sp³-hybridized carbons (Fsp3) is 1.00. The van der Waals surface area contributed by atoms with Crippen molar-refractivity contribution in [2.45, 2.75) is 57.5 Å². The molecule has 0 aromatic carbocycles. The van der Waals surface area contributed by atoms with E-state index < -0.39 is 0 Å². The molecule has 2 saturated heterocycles. The summed E-state index contributed by atoms with van der Waals surface area (Å²) in [5.41, 5.74) is 5.96. The van der Waals surface area contributed by atoms with Gasteiger partial charge in [-0.15, -0.1) is 0 Å². The number of likely N-dealkylation sites (tertiary alicyclic amines) is 1. The van der Waals surface area contributed by atoms with E-state index >= 15 is 0 Å². The fourth-order valence-corrected chi connectivity index (χ4v) is 2.41. The Kier molecular flexibility index (Phi) is 2.13. The molecule has 0 aromatic heterocycles. The first-order valence-electron chi connectivity index (χ1n) is 5.18. The molecule has 3 heteroatoms. The van der Waals surface area contributed by atoms with Crippen LogP contribution in [0.5, 0.6) is 0 Å². The molecular weight excluding hydrogens is 164 g/mol. The number of ether oxygens (including phenoxy) is 1. The van der Waals surface area contributed by atoms with E-state index in [4.69, 9.17) is 10.5 Å². The van der Waals surface area contributed by atoms with Crippen molar-refractivity contribution < 1.29 is 4.74 Å². The summed E-state index contributed by atoms with van der Waals surface area (Å²) in [6.45, 7) is 7.98. The molecular formula is C10H20N2O. The highest BCUT2D eigenvalue weighted by Gasteiger charge is 2.48. The lowest BCUT2D eigenvalue weighted by Crippen LogP contribution is -2.47. The predicted molar refractivity (Wildman–Crippen MR) is 52.3 cm³/mol. The van der Waals surface area contributed by atoms with Gasteiger partial charge in [0.1, 0.15) is 12.3 Å². The van der Waals surface area contributed by atoms with E-state index in [1.165, 1.54) is 19.4 Å². The van der Waals surface area contributed by atoms with E-state index in [9.17, 15) is 0 Å². The van der Waals surface area contributed by atoms with E-state index in [-0.39, 0.29) is 11.8 Å². The van der Waals surface area contributed by atoms with Crippen LogP contribution in [-0.4, -0.2) is 35.4 Å². The summed E-state index contributed by atoms with van der Waals surface area (Å²) < 4.78 is 5.36.